The first kappa shape index (κ1) is 9.27. The first-order valence-electron chi connectivity index (χ1n) is 5.21. The molecule has 1 unspecified atom stereocenters. The maximum absolute atomic E-state index is 12.0. The molecule has 2 heterocycles. The predicted molar refractivity (Wildman–Crippen MR) is 61.6 cm³/mol. The maximum atomic E-state index is 12.0. The van der Waals surface area contributed by atoms with Gasteiger partial charge in [-0.3, -0.25) is 4.79 Å². The van der Waals surface area contributed by atoms with Crippen LogP contribution >= 0.6 is 0 Å². The Morgan fingerprint density at radius 1 is 1.38 bits per heavy atom. The van der Waals surface area contributed by atoms with E-state index in [1.807, 2.05) is 43.2 Å². The monoisotopic (exact) mass is 215 g/mol. The second kappa shape index (κ2) is 2.78. The van der Waals surface area contributed by atoms with Gasteiger partial charge in [-0.2, -0.15) is 0 Å². The molecule has 2 aliphatic rings. The number of aromatic nitrogens is 1. The molecule has 0 spiro atoms. The zero-order chi connectivity index (χ0) is 11.4. The number of carbonyl (C=O) groups is 1. The Labute approximate surface area is 93.6 Å². The fourth-order valence-electron chi connectivity index (χ4n) is 2.47. The van der Waals surface area contributed by atoms with Gasteiger partial charge in [0.05, 0.1) is 17.4 Å². The molecule has 0 aromatic carbocycles. The highest BCUT2D eigenvalue weighted by atomic mass is 16.1. The van der Waals surface area contributed by atoms with Gasteiger partial charge in [0.1, 0.15) is 0 Å². The minimum absolute atomic E-state index is 0.0660. The van der Waals surface area contributed by atoms with E-state index in [-0.39, 0.29) is 11.8 Å². The molecular weight excluding hydrogens is 202 g/mol. The summed E-state index contributed by atoms with van der Waals surface area (Å²) < 4.78 is 1.86. The van der Waals surface area contributed by atoms with Gasteiger partial charge in [0.15, 0.2) is 0 Å². The molecule has 1 aromatic rings. The molecule has 1 atom stereocenters. The van der Waals surface area contributed by atoms with Crippen LogP contribution in [0.3, 0.4) is 0 Å². The lowest BCUT2D eigenvalue weighted by atomic mass is 9.90. The van der Waals surface area contributed by atoms with Gasteiger partial charge in [0.25, 0.3) is 0 Å². The molecule has 0 bridgehead atoms. The van der Waals surface area contributed by atoms with Crippen molar-refractivity contribution in [3.05, 3.63) is 41.0 Å². The first-order valence-corrected chi connectivity index (χ1v) is 5.21. The second-order valence-corrected chi connectivity index (χ2v) is 4.33. The maximum Gasteiger partial charge on any atom is 0.225 e. The molecule has 3 rings (SSSR count). The Balaban J connectivity index is 2.33. The van der Waals surface area contributed by atoms with Crippen molar-refractivity contribution in [3.63, 3.8) is 0 Å². The number of aryl methyl sites for hydroxylation is 1. The topological polar surface area (TPSA) is 51.3 Å². The van der Waals surface area contributed by atoms with Crippen LogP contribution in [0, 0.1) is 0 Å². The van der Waals surface area contributed by atoms with E-state index in [0.717, 1.165) is 16.8 Å². The number of hydrogen-bond donors (Lipinski definition) is 1. The van der Waals surface area contributed by atoms with Crippen LogP contribution in [0.5, 0.6) is 0 Å². The fraction of sp³-hybridized carbons (Fsp3) is 0.250. The molecule has 4 heteroatoms. The highest BCUT2D eigenvalue weighted by Crippen LogP contribution is 2.37. The lowest BCUT2D eigenvalue weighted by Crippen LogP contribution is -2.29. The number of nitrogens with two attached hydrogens (primary N) is 1. The summed E-state index contributed by atoms with van der Waals surface area (Å²) in [7, 11) is 3.87. The predicted octanol–water partition coefficient (Wildman–Crippen LogP) is 1.02. The first-order chi connectivity index (χ1) is 7.59. The Bertz CT molecular complexity index is 551. The minimum atomic E-state index is -0.0660. The molecule has 2 N–H and O–H groups in total. The zero-order valence-electron chi connectivity index (χ0n) is 9.27. The summed E-state index contributed by atoms with van der Waals surface area (Å²) >= 11 is 0. The smallest absolute Gasteiger partial charge is 0.225 e. The van der Waals surface area contributed by atoms with Gasteiger partial charge < -0.3 is 15.2 Å². The normalized spacial score (nSPS) is 22.1. The molecule has 0 saturated heterocycles. The molecule has 0 radical (unpaired) electrons. The van der Waals surface area contributed by atoms with Gasteiger partial charge in [-0.1, -0.05) is 0 Å². The molecule has 82 valence electrons. The van der Waals surface area contributed by atoms with E-state index >= 15 is 0 Å². The lowest BCUT2D eigenvalue weighted by molar-refractivity contribution is 0.101. The molecule has 0 saturated carbocycles. The standard InChI is InChI=1S/C12H13N3O/c1-14-4-3-7-6-15(2)11-10(7)9(14)5-8(13)12(11)16/h3-6,9H,13H2,1-2H3. The Kier molecular flexibility index (Phi) is 1.61. The molecule has 16 heavy (non-hydrogen) atoms. The SMILES string of the molecule is CN1C=Cc2cn(C)c3c2C1C=C(N)C3=O. The van der Waals surface area contributed by atoms with Gasteiger partial charge in [-0.15, -0.1) is 0 Å². The van der Waals surface area contributed by atoms with Crippen molar-refractivity contribution in [3.8, 4) is 0 Å². The third-order valence-electron chi connectivity index (χ3n) is 3.29. The van der Waals surface area contributed by atoms with E-state index < -0.39 is 0 Å². The van der Waals surface area contributed by atoms with E-state index in [1.165, 1.54) is 0 Å². The van der Waals surface area contributed by atoms with Crippen molar-refractivity contribution < 1.29 is 4.79 Å². The second-order valence-electron chi connectivity index (χ2n) is 4.33. The number of hydrogen-bond acceptors (Lipinski definition) is 3. The summed E-state index contributed by atoms with van der Waals surface area (Å²) in [4.78, 5) is 14.0. The summed E-state index contributed by atoms with van der Waals surface area (Å²) in [6.45, 7) is 0. The van der Waals surface area contributed by atoms with Crippen LogP contribution < -0.4 is 5.73 Å². The van der Waals surface area contributed by atoms with Gasteiger partial charge in [-0.05, 0) is 17.7 Å². The summed E-state index contributed by atoms with van der Waals surface area (Å²) in [6.07, 6.45) is 7.84. The van der Waals surface area contributed by atoms with Crippen molar-refractivity contribution in [2.45, 2.75) is 6.04 Å². The quantitative estimate of drug-likeness (QED) is 0.703. The third kappa shape index (κ3) is 0.961. The Morgan fingerprint density at radius 2 is 2.12 bits per heavy atom. The number of carbonyl (C=O) groups excluding carboxylic acids is 1. The van der Waals surface area contributed by atoms with Crippen LogP contribution in [-0.2, 0) is 7.05 Å². The number of Topliss-reactive ketones (excluding diaryl/α,β-unsaturated/α-hetero) is 1. The highest BCUT2D eigenvalue weighted by molar-refractivity contribution is 6.10. The zero-order valence-corrected chi connectivity index (χ0v) is 9.27. The van der Waals surface area contributed by atoms with Gasteiger partial charge in [0.2, 0.25) is 5.78 Å². The van der Waals surface area contributed by atoms with Crippen molar-refractivity contribution in [2.24, 2.45) is 12.8 Å². The molecule has 1 aliphatic heterocycles. The lowest BCUT2D eigenvalue weighted by Gasteiger charge is -2.31. The highest BCUT2D eigenvalue weighted by Gasteiger charge is 2.33. The summed E-state index contributed by atoms with van der Waals surface area (Å²) in [5.74, 6) is -0.0660. The van der Waals surface area contributed by atoms with E-state index in [2.05, 4.69) is 4.90 Å². The van der Waals surface area contributed by atoms with Crippen LogP contribution in [-0.4, -0.2) is 22.3 Å². The van der Waals surface area contributed by atoms with Crippen molar-refractivity contribution in [1.82, 2.24) is 9.47 Å². The largest absolute Gasteiger partial charge is 0.396 e. The number of allylic oxidation sites excluding steroid dienone is 1. The Hall–Kier alpha value is -1.97. The number of rotatable bonds is 0. The van der Waals surface area contributed by atoms with Crippen molar-refractivity contribution in [2.75, 3.05) is 7.05 Å². The molecule has 1 aliphatic carbocycles. The van der Waals surface area contributed by atoms with E-state index in [9.17, 15) is 4.79 Å². The summed E-state index contributed by atoms with van der Waals surface area (Å²) in [6, 6.07) is 0.0916. The third-order valence-corrected chi connectivity index (χ3v) is 3.29. The number of likely N-dealkylation sites (N-methyl/N-ethyl adjacent to an activating group) is 1. The molecule has 1 aromatic heterocycles. The summed E-state index contributed by atoms with van der Waals surface area (Å²) in [5.41, 5.74) is 9.01. The van der Waals surface area contributed by atoms with Gasteiger partial charge >= 0.3 is 0 Å². The summed E-state index contributed by atoms with van der Waals surface area (Å²) in [5, 5.41) is 0. The minimum Gasteiger partial charge on any atom is -0.396 e. The number of ketones is 1. The Morgan fingerprint density at radius 3 is 2.88 bits per heavy atom. The van der Waals surface area contributed by atoms with E-state index in [0.29, 0.717) is 5.70 Å². The molecule has 4 nitrogen and oxygen atoms in total. The van der Waals surface area contributed by atoms with E-state index in [4.69, 9.17) is 5.73 Å². The molecular formula is C12H13N3O. The average molecular weight is 215 g/mol. The van der Waals surface area contributed by atoms with Crippen LogP contribution in [0.1, 0.15) is 27.7 Å². The van der Waals surface area contributed by atoms with Gasteiger partial charge in [0, 0.05) is 32.1 Å². The van der Waals surface area contributed by atoms with Crippen LogP contribution in [0.2, 0.25) is 0 Å². The van der Waals surface area contributed by atoms with Crippen LogP contribution in [0.4, 0.5) is 0 Å². The average Bonchev–Trinajstić information content (AvgIpc) is 2.57. The van der Waals surface area contributed by atoms with Crippen LogP contribution in [0.25, 0.3) is 6.08 Å². The molecule has 0 amide bonds. The number of nitrogens with zero attached hydrogens (tertiary/aromatic N) is 2. The van der Waals surface area contributed by atoms with Crippen molar-refractivity contribution in [1.29, 1.82) is 0 Å². The van der Waals surface area contributed by atoms with Crippen LogP contribution in [0.15, 0.2) is 24.2 Å². The fourth-order valence-corrected chi connectivity index (χ4v) is 2.47. The molecule has 0 fully saturated rings. The van der Waals surface area contributed by atoms with E-state index in [1.54, 1.807) is 0 Å². The van der Waals surface area contributed by atoms with Gasteiger partial charge in [-0.25, -0.2) is 0 Å². The van der Waals surface area contributed by atoms with Crippen molar-refractivity contribution >= 4 is 11.9 Å².